The summed E-state index contributed by atoms with van der Waals surface area (Å²) in [6.07, 6.45) is 8.91. The van der Waals surface area contributed by atoms with Crippen molar-refractivity contribution in [3.8, 4) is 0 Å². The number of likely N-dealkylation sites (tertiary alicyclic amines) is 2. The minimum atomic E-state index is 0.0714. The zero-order chi connectivity index (χ0) is 17.9. The lowest BCUT2D eigenvalue weighted by Gasteiger charge is -2.47. The van der Waals surface area contributed by atoms with Gasteiger partial charge >= 0.3 is 0 Å². The minimum Gasteiger partial charge on any atom is -0.339 e. The molecule has 0 atom stereocenters. The van der Waals surface area contributed by atoms with Crippen molar-refractivity contribution in [2.75, 3.05) is 32.4 Å². The second-order valence-corrected chi connectivity index (χ2v) is 7.71. The van der Waals surface area contributed by atoms with E-state index >= 15 is 0 Å². The summed E-state index contributed by atoms with van der Waals surface area (Å²) in [5.41, 5.74) is 0.850. The molecule has 0 radical (unpaired) electrons. The number of nitrogens with zero attached hydrogens (tertiary/aromatic N) is 3. The van der Waals surface area contributed by atoms with Gasteiger partial charge in [0.05, 0.1) is 5.56 Å². The van der Waals surface area contributed by atoms with E-state index in [1.54, 1.807) is 12.3 Å². The van der Waals surface area contributed by atoms with Crippen LogP contribution in [0.2, 0.25) is 0 Å². The van der Waals surface area contributed by atoms with E-state index in [1.165, 1.54) is 11.8 Å². The van der Waals surface area contributed by atoms with E-state index in [9.17, 15) is 9.59 Å². The summed E-state index contributed by atoms with van der Waals surface area (Å²) in [4.78, 5) is 33.1. The maximum Gasteiger partial charge on any atom is 0.256 e. The Morgan fingerprint density at radius 3 is 2.84 bits per heavy atom. The van der Waals surface area contributed by atoms with Crippen LogP contribution in [-0.2, 0) is 4.79 Å². The third-order valence-electron chi connectivity index (χ3n) is 5.40. The average Bonchev–Trinajstić information content (AvgIpc) is 2.65. The number of piperidine rings is 2. The highest BCUT2D eigenvalue weighted by Crippen LogP contribution is 2.40. The standard InChI is InChI=1S/C19H25N3O2S/c1-3-11-22-14-19(7-6-16(22)23)8-12-21(13-9-19)18(24)15-5-4-10-20-17(15)25-2/h3-5,10H,1,6-9,11-14H2,2H3. The molecule has 2 saturated heterocycles. The molecule has 134 valence electrons. The molecule has 0 aliphatic carbocycles. The number of aromatic nitrogens is 1. The Balaban J connectivity index is 1.66. The van der Waals surface area contributed by atoms with Crippen molar-refractivity contribution in [1.82, 2.24) is 14.8 Å². The van der Waals surface area contributed by atoms with E-state index < -0.39 is 0 Å². The lowest BCUT2D eigenvalue weighted by Crippen LogP contribution is -2.52. The quantitative estimate of drug-likeness (QED) is 0.613. The van der Waals surface area contributed by atoms with Gasteiger partial charge in [-0.25, -0.2) is 4.98 Å². The Morgan fingerprint density at radius 2 is 2.16 bits per heavy atom. The number of hydrogen-bond donors (Lipinski definition) is 0. The molecule has 6 heteroatoms. The molecular formula is C19H25N3O2S. The van der Waals surface area contributed by atoms with Gasteiger partial charge in [0, 0.05) is 38.8 Å². The molecule has 1 aromatic heterocycles. The Labute approximate surface area is 153 Å². The number of carbonyl (C=O) groups is 2. The number of thioether (sulfide) groups is 1. The molecule has 1 spiro atoms. The van der Waals surface area contributed by atoms with Crippen molar-refractivity contribution in [2.45, 2.75) is 30.7 Å². The van der Waals surface area contributed by atoms with E-state index in [1.807, 2.05) is 28.2 Å². The zero-order valence-corrected chi connectivity index (χ0v) is 15.6. The zero-order valence-electron chi connectivity index (χ0n) is 14.7. The SMILES string of the molecule is C=CCN1CC2(CCC1=O)CCN(C(=O)c1cccnc1SC)CC2. The first kappa shape index (κ1) is 18.0. The largest absolute Gasteiger partial charge is 0.339 e. The molecule has 0 unspecified atom stereocenters. The van der Waals surface area contributed by atoms with Crippen LogP contribution < -0.4 is 0 Å². The lowest BCUT2D eigenvalue weighted by atomic mass is 9.72. The Kier molecular flexibility index (Phi) is 5.47. The van der Waals surface area contributed by atoms with Gasteiger partial charge in [-0.1, -0.05) is 6.08 Å². The van der Waals surface area contributed by atoms with E-state index in [0.29, 0.717) is 18.5 Å². The van der Waals surface area contributed by atoms with Gasteiger partial charge in [0.15, 0.2) is 0 Å². The first-order valence-corrected chi connectivity index (χ1v) is 9.98. The average molecular weight is 359 g/mol. The van der Waals surface area contributed by atoms with Gasteiger partial charge < -0.3 is 9.80 Å². The number of carbonyl (C=O) groups excluding carboxylic acids is 2. The smallest absolute Gasteiger partial charge is 0.256 e. The van der Waals surface area contributed by atoms with Crippen molar-refractivity contribution >= 4 is 23.6 Å². The molecule has 2 aliphatic rings. The molecule has 0 aromatic carbocycles. The van der Waals surface area contributed by atoms with E-state index in [0.717, 1.165) is 43.9 Å². The van der Waals surface area contributed by atoms with Gasteiger partial charge in [-0.05, 0) is 43.1 Å². The molecular weight excluding hydrogens is 334 g/mol. The summed E-state index contributed by atoms with van der Waals surface area (Å²) in [5, 5.41) is 0.785. The van der Waals surface area contributed by atoms with Crippen LogP contribution in [0.5, 0.6) is 0 Å². The first-order valence-electron chi connectivity index (χ1n) is 8.75. The summed E-state index contributed by atoms with van der Waals surface area (Å²) in [7, 11) is 0. The van der Waals surface area contributed by atoms with Gasteiger partial charge in [0.2, 0.25) is 5.91 Å². The summed E-state index contributed by atoms with van der Waals surface area (Å²) in [5.74, 6) is 0.297. The lowest BCUT2D eigenvalue weighted by molar-refractivity contribution is -0.138. The third-order valence-corrected chi connectivity index (χ3v) is 6.12. The maximum atomic E-state index is 12.9. The Morgan fingerprint density at radius 1 is 1.40 bits per heavy atom. The summed E-state index contributed by atoms with van der Waals surface area (Å²) < 4.78 is 0. The van der Waals surface area contributed by atoms with Crippen molar-refractivity contribution in [2.24, 2.45) is 5.41 Å². The first-order chi connectivity index (χ1) is 12.1. The van der Waals surface area contributed by atoms with Gasteiger partial charge in [0.25, 0.3) is 5.91 Å². The van der Waals surface area contributed by atoms with Crippen LogP contribution in [0, 0.1) is 5.41 Å². The summed E-state index contributed by atoms with van der Waals surface area (Å²) in [6.45, 7) is 6.66. The monoisotopic (exact) mass is 359 g/mol. The highest BCUT2D eigenvalue weighted by Gasteiger charge is 2.41. The minimum absolute atomic E-state index is 0.0714. The molecule has 2 aliphatic heterocycles. The van der Waals surface area contributed by atoms with Crippen LogP contribution in [0.25, 0.3) is 0 Å². The van der Waals surface area contributed by atoms with Crippen LogP contribution in [-0.4, -0.2) is 59.0 Å². The van der Waals surface area contributed by atoms with Crippen molar-refractivity contribution < 1.29 is 9.59 Å². The third kappa shape index (κ3) is 3.73. The van der Waals surface area contributed by atoms with Gasteiger partial charge in [-0.15, -0.1) is 18.3 Å². The van der Waals surface area contributed by atoms with E-state index in [-0.39, 0.29) is 17.2 Å². The molecule has 3 heterocycles. The second-order valence-electron chi connectivity index (χ2n) is 6.92. The summed E-state index contributed by atoms with van der Waals surface area (Å²) in [6, 6.07) is 3.68. The van der Waals surface area contributed by atoms with Gasteiger partial charge in [-0.3, -0.25) is 9.59 Å². The van der Waals surface area contributed by atoms with Crippen molar-refractivity contribution in [1.29, 1.82) is 0 Å². The second kappa shape index (κ2) is 7.60. The molecule has 2 amide bonds. The number of rotatable bonds is 4. The number of hydrogen-bond acceptors (Lipinski definition) is 4. The van der Waals surface area contributed by atoms with Crippen LogP contribution in [0.15, 0.2) is 36.0 Å². The molecule has 2 fully saturated rings. The molecule has 3 rings (SSSR count). The van der Waals surface area contributed by atoms with Crippen LogP contribution in [0.4, 0.5) is 0 Å². The highest BCUT2D eigenvalue weighted by atomic mass is 32.2. The molecule has 5 nitrogen and oxygen atoms in total. The molecule has 25 heavy (non-hydrogen) atoms. The maximum absolute atomic E-state index is 12.9. The van der Waals surface area contributed by atoms with Crippen LogP contribution in [0.3, 0.4) is 0 Å². The molecule has 0 saturated carbocycles. The predicted octanol–water partition coefficient (Wildman–Crippen LogP) is 2.83. The molecule has 1 aromatic rings. The number of pyridine rings is 1. The normalized spacial score (nSPS) is 20.0. The number of amides is 2. The van der Waals surface area contributed by atoms with Crippen LogP contribution in [0.1, 0.15) is 36.0 Å². The van der Waals surface area contributed by atoms with Crippen molar-refractivity contribution in [3.05, 3.63) is 36.5 Å². The fourth-order valence-electron chi connectivity index (χ4n) is 3.90. The topological polar surface area (TPSA) is 53.5 Å². The molecule has 0 bridgehead atoms. The van der Waals surface area contributed by atoms with Gasteiger partial charge in [-0.2, -0.15) is 0 Å². The highest BCUT2D eigenvalue weighted by molar-refractivity contribution is 7.98. The predicted molar refractivity (Wildman–Crippen MR) is 99.6 cm³/mol. The van der Waals surface area contributed by atoms with E-state index in [4.69, 9.17) is 0 Å². The Bertz CT molecular complexity index is 668. The fraction of sp³-hybridized carbons (Fsp3) is 0.526. The van der Waals surface area contributed by atoms with Gasteiger partial charge in [0.1, 0.15) is 5.03 Å². The van der Waals surface area contributed by atoms with Crippen molar-refractivity contribution in [3.63, 3.8) is 0 Å². The van der Waals surface area contributed by atoms with E-state index in [2.05, 4.69) is 11.6 Å². The fourth-order valence-corrected chi connectivity index (χ4v) is 4.44. The Hall–Kier alpha value is -1.82. The van der Waals surface area contributed by atoms with Crippen LogP contribution >= 0.6 is 11.8 Å². The molecule has 0 N–H and O–H groups in total. The summed E-state index contributed by atoms with van der Waals surface area (Å²) >= 11 is 1.50.